The van der Waals surface area contributed by atoms with Crippen molar-refractivity contribution in [2.45, 2.75) is 32.7 Å². The van der Waals surface area contributed by atoms with Crippen LogP contribution in [0, 0.1) is 0 Å². The normalized spacial score (nSPS) is 11.6. The number of rotatable bonds is 5. The fourth-order valence-corrected chi connectivity index (χ4v) is 2.33. The summed E-state index contributed by atoms with van der Waals surface area (Å²) in [6.45, 7) is 4.09. The number of nitrogens with one attached hydrogen (secondary N) is 1. The Hall–Kier alpha value is -0.810. The van der Waals surface area contributed by atoms with E-state index in [2.05, 4.69) is 22.2 Å². The van der Waals surface area contributed by atoms with E-state index >= 15 is 0 Å². The molecule has 0 aliphatic rings. The number of anilines is 1. The smallest absolute Gasteiger partial charge is 1.00 e. The zero-order chi connectivity index (χ0) is 14.5. The van der Waals surface area contributed by atoms with Crippen LogP contribution in [0.1, 0.15) is 39.0 Å². The van der Waals surface area contributed by atoms with Gasteiger partial charge in [-0.3, -0.25) is 0 Å². The molecule has 0 saturated carbocycles. The summed E-state index contributed by atoms with van der Waals surface area (Å²) < 4.78 is 0. The van der Waals surface area contributed by atoms with Crippen LogP contribution in [-0.2, 0) is 6.42 Å². The van der Waals surface area contributed by atoms with Crippen LogP contribution in [-0.4, -0.2) is 15.1 Å². The number of aromatic nitrogens is 2. The van der Waals surface area contributed by atoms with Gasteiger partial charge in [-0.15, -0.1) is 0 Å². The summed E-state index contributed by atoms with van der Waals surface area (Å²) in [5.74, 6) is 0.912. The zero-order valence-electron chi connectivity index (χ0n) is 13.6. The topological polar surface area (TPSA) is 58.0 Å². The number of aryl methyl sites for hydroxylation is 1. The first-order valence-electron chi connectivity index (χ1n) is 6.70. The van der Waals surface area contributed by atoms with E-state index in [1.165, 1.54) is 6.33 Å². The maximum atomic E-state index is 9.35. The summed E-state index contributed by atoms with van der Waals surface area (Å²) in [7, 11) is 0. The summed E-state index contributed by atoms with van der Waals surface area (Å²) >= 11 is 6.30. The molecule has 0 spiro atoms. The largest absolute Gasteiger partial charge is 1.00 e. The standard InChI is InChI=1S/C15H18ClN3O.Na.H/c1-3-12(10-5-7-11(20)8-6-10)19-15-14(16)13(4-2)17-9-18-15;;/h5-9,12,20H,3-4H2,1-2H3,(H,17,18,19);;/q;+1;-1. The molecule has 0 aliphatic heterocycles. The number of hydrogen-bond donors (Lipinski definition) is 2. The minimum Gasteiger partial charge on any atom is -1.00 e. The predicted molar refractivity (Wildman–Crippen MR) is 82.3 cm³/mol. The van der Waals surface area contributed by atoms with Gasteiger partial charge in [0, 0.05) is 0 Å². The molecule has 2 aromatic rings. The van der Waals surface area contributed by atoms with Crippen molar-refractivity contribution in [3.8, 4) is 5.75 Å². The molecule has 4 nitrogen and oxygen atoms in total. The molecule has 1 atom stereocenters. The second kappa shape index (κ2) is 8.59. The van der Waals surface area contributed by atoms with E-state index in [9.17, 15) is 5.11 Å². The van der Waals surface area contributed by atoms with Crippen molar-refractivity contribution < 1.29 is 36.1 Å². The van der Waals surface area contributed by atoms with Crippen molar-refractivity contribution in [2.24, 2.45) is 0 Å². The van der Waals surface area contributed by atoms with Crippen molar-refractivity contribution in [1.82, 2.24) is 9.97 Å². The van der Waals surface area contributed by atoms with Crippen LogP contribution in [0.4, 0.5) is 5.82 Å². The Labute approximate surface area is 153 Å². The number of hydrogen-bond acceptors (Lipinski definition) is 4. The van der Waals surface area contributed by atoms with Crippen LogP contribution < -0.4 is 34.9 Å². The number of halogens is 1. The average molecular weight is 316 g/mol. The molecule has 0 fully saturated rings. The van der Waals surface area contributed by atoms with Crippen LogP contribution in [0.25, 0.3) is 0 Å². The summed E-state index contributed by atoms with van der Waals surface area (Å²) in [6.07, 6.45) is 3.18. The summed E-state index contributed by atoms with van der Waals surface area (Å²) in [5.41, 5.74) is 1.92. The van der Waals surface area contributed by atoms with Gasteiger partial charge in [0.05, 0.1) is 11.7 Å². The third-order valence-electron chi connectivity index (χ3n) is 3.21. The van der Waals surface area contributed by atoms with Gasteiger partial charge in [-0.05, 0) is 30.5 Å². The Balaban J connectivity index is 0.00000220. The second-order valence-corrected chi connectivity index (χ2v) is 4.91. The number of nitrogens with zero attached hydrogens (tertiary/aromatic N) is 2. The molecular formula is C15H19ClN3NaO. The van der Waals surface area contributed by atoms with Crippen molar-refractivity contribution in [1.29, 1.82) is 0 Å². The Morgan fingerprint density at radius 1 is 1.24 bits per heavy atom. The first kappa shape index (κ1) is 18.2. The van der Waals surface area contributed by atoms with E-state index in [4.69, 9.17) is 11.6 Å². The summed E-state index contributed by atoms with van der Waals surface area (Å²) in [6, 6.07) is 7.24. The Morgan fingerprint density at radius 3 is 2.48 bits per heavy atom. The number of benzene rings is 1. The van der Waals surface area contributed by atoms with Gasteiger partial charge in [-0.25, -0.2) is 9.97 Å². The van der Waals surface area contributed by atoms with E-state index in [-0.39, 0.29) is 42.8 Å². The molecule has 0 saturated heterocycles. The van der Waals surface area contributed by atoms with Gasteiger partial charge in [0.1, 0.15) is 22.9 Å². The van der Waals surface area contributed by atoms with Crippen LogP contribution in [0.5, 0.6) is 5.75 Å². The van der Waals surface area contributed by atoms with E-state index in [1.807, 2.05) is 19.1 Å². The Bertz CT molecular complexity index is 584. The van der Waals surface area contributed by atoms with Gasteiger partial charge >= 0.3 is 29.6 Å². The molecule has 0 radical (unpaired) electrons. The molecule has 1 unspecified atom stereocenters. The van der Waals surface area contributed by atoms with E-state index in [1.54, 1.807) is 12.1 Å². The van der Waals surface area contributed by atoms with Gasteiger partial charge in [0.15, 0.2) is 0 Å². The van der Waals surface area contributed by atoms with Gasteiger partial charge < -0.3 is 11.8 Å². The zero-order valence-corrected chi connectivity index (χ0v) is 15.4. The van der Waals surface area contributed by atoms with Gasteiger partial charge in [0.2, 0.25) is 0 Å². The quantitative estimate of drug-likeness (QED) is 0.811. The van der Waals surface area contributed by atoms with Crippen molar-refractivity contribution >= 4 is 17.4 Å². The molecule has 6 heteroatoms. The van der Waals surface area contributed by atoms with Crippen LogP contribution >= 0.6 is 11.6 Å². The monoisotopic (exact) mass is 315 g/mol. The SMILES string of the molecule is CCc1ncnc(NC(CC)c2ccc(O)cc2)c1Cl.[H-].[Na+]. The predicted octanol–water partition coefficient (Wildman–Crippen LogP) is 1.08. The molecule has 0 amide bonds. The Kier molecular flexibility index (Phi) is 7.46. The van der Waals surface area contributed by atoms with Crippen molar-refractivity contribution in [2.75, 3.05) is 5.32 Å². The molecule has 2 rings (SSSR count). The molecule has 1 aromatic carbocycles. The first-order valence-corrected chi connectivity index (χ1v) is 7.08. The summed E-state index contributed by atoms with van der Waals surface area (Å²) in [5, 5.41) is 13.3. The fraction of sp³-hybridized carbons (Fsp3) is 0.333. The second-order valence-electron chi connectivity index (χ2n) is 4.53. The van der Waals surface area contributed by atoms with E-state index < -0.39 is 0 Å². The molecule has 2 N–H and O–H groups in total. The molecule has 21 heavy (non-hydrogen) atoms. The maximum absolute atomic E-state index is 9.35. The van der Waals surface area contributed by atoms with Gasteiger partial charge in [-0.1, -0.05) is 37.6 Å². The van der Waals surface area contributed by atoms with Crippen molar-refractivity contribution in [3.63, 3.8) is 0 Å². The Morgan fingerprint density at radius 2 is 1.90 bits per heavy atom. The van der Waals surface area contributed by atoms with Crippen LogP contribution in [0.15, 0.2) is 30.6 Å². The summed E-state index contributed by atoms with van der Waals surface area (Å²) in [4.78, 5) is 8.37. The number of phenols is 1. The number of phenolic OH excluding ortho intramolecular Hbond substituents is 1. The maximum Gasteiger partial charge on any atom is 1.00 e. The van der Waals surface area contributed by atoms with Gasteiger partial charge in [0.25, 0.3) is 0 Å². The van der Waals surface area contributed by atoms with Crippen molar-refractivity contribution in [3.05, 3.63) is 46.9 Å². The van der Waals surface area contributed by atoms with E-state index in [0.29, 0.717) is 10.8 Å². The first-order chi connectivity index (χ1) is 9.65. The van der Waals surface area contributed by atoms with Crippen LogP contribution in [0.3, 0.4) is 0 Å². The molecule has 1 heterocycles. The molecule has 0 bridgehead atoms. The number of aromatic hydroxyl groups is 1. The van der Waals surface area contributed by atoms with E-state index in [0.717, 1.165) is 24.1 Å². The molecular weight excluding hydrogens is 297 g/mol. The minimum atomic E-state index is 0. The van der Waals surface area contributed by atoms with Crippen LogP contribution in [0.2, 0.25) is 5.02 Å². The third-order valence-corrected chi connectivity index (χ3v) is 3.61. The molecule has 0 aliphatic carbocycles. The fourth-order valence-electron chi connectivity index (χ4n) is 2.05. The minimum absolute atomic E-state index is 0. The third kappa shape index (κ3) is 4.58. The van der Waals surface area contributed by atoms with Gasteiger partial charge in [-0.2, -0.15) is 0 Å². The molecule has 1 aromatic heterocycles. The molecule has 108 valence electrons. The average Bonchev–Trinajstić information content (AvgIpc) is 2.47.